The van der Waals surface area contributed by atoms with Gasteiger partial charge in [0.2, 0.25) is 0 Å². The predicted octanol–water partition coefficient (Wildman–Crippen LogP) is 2.23. The van der Waals surface area contributed by atoms with Crippen LogP contribution in [0.25, 0.3) is 0 Å². The van der Waals surface area contributed by atoms with E-state index in [1.54, 1.807) is 54.6 Å². The minimum absolute atomic E-state index is 0.339. The standard InChI is InChI=1S/C14H11NO3/c16-13(15-11-7-3-1-4-8-11)14(17)18-12-9-5-2-6-10-12/h1-10H,(H,15,16). The quantitative estimate of drug-likeness (QED) is 0.498. The second kappa shape index (κ2) is 5.63. The fraction of sp³-hybridized carbons (Fsp3) is 0. The number of carbonyl (C=O) groups excluding carboxylic acids is 2. The number of esters is 1. The molecule has 0 aliphatic carbocycles. The monoisotopic (exact) mass is 241 g/mol. The zero-order chi connectivity index (χ0) is 12.8. The third-order valence-electron chi connectivity index (χ3n) is 2.17. The molecule has 4 heteroatoms. The first kappa shape index (κ1) is 11.9. The van der Waals surface area contributed by atoms with Crippen LogP contribution in [0.1, 0.15) is 0 Å². The molecule has 0 aliphatic rings. The van der Waals surface area contributed by atoms with E-state index in [9.17, 15) is 9.59 Å². The number of nitrogens with one attached hydrogen (secondary N) is 1. The molecular formula is C14H11NO3. The van der Waals surface area contributed by atoms with Crippen LogP contribution < -0.4 is 10.1 Å². The second-order valence-corrected chi connectivity index (χ2v) is 3.52. The highest BCUT2D eigenvalue weighted by Gasteiger charge is 2.16. The molecule has 0 spiro atoms. The van der Waals surface area contributed by atoms with E-state index in [0.717, 1.165) is 0 Å². The minimum Gasteiger partial charge on any atom is -0.419 e. The highest BCUT2D eigenvalue weighted by atomic mass is 16.5. The summed E-state index contributed by atoms with van der Waals surface area (Å²) in [6.45, 7) is 0. The summed E-state index contributed by atoms with van der Waals surface area (Å²) in [5.41, 5.74) is 0.549. The van der Waals surface area contributed by atoms with Crippen molar-refractivity contribution in [1.82, 2.24) is 0 Å². The molecular weight excluding hydrogens is 230 g/mol. The van der Waals surface area contributed by atoms with Crippen LogP contribution in [0.3, 0.4) is 0 Å². The van der Waals surface area contributed by atoms with Gasteiger partial charge >= 0.3 is 11.9 Å². The molecule has 0 heterocycles. The normalized spacial score (nSPS) is 9.56. The van der Waals surface area contributed by atoms with Crippen LogP contribution in [0.4, 0.5) is 5.69 Å². The number of carbonyl (C=O) groups is 2. The molecule has 1 N–H and O–H groups in total. The number of anilines is 1. The van der Waals surface area contributed by atoms with Gasteiger partial charge in [0.05, 0.1) is 0 Å². The average Bonchev–Trinajstić information content (AvgIpc) is 2.41. The number of ether oxygens (including phenoxy) is 1. The maximum atomic E-state index is 11.5. The summed E-state index contributed by atoms with van der Waals surface area (Å²) in [7, 11) is 0. The summed E-state index contributed by atoms with van der Waals surface area (Å²) in [6, 6.07) is 17.2. The molecule has 0 aromatic heterocycles. The molecule has 1 amide bonds. The molecule has 0 bridgehead atoms. The van der Waals surface area contributed by atoms with E-state index < -0.39 is 11.9 Å². The van der Waals surface area contributed by atoms with Crippen LogP contribution >= 0.6 is 0 Å². The predicted molar refractivity (Wildman–Crippen MR) is 67.1 cm³/mol. The Morgan fingerprint density at radius 3 is 2.00 bits per heavy atom. The van der Waals surface area contributed by atoms with Gasteiger partial charge < -0.3 is 10.1 Å². The van der Waals surface area contributed by atoms with Crippen molar-refractivity contribution in [2.24, 2.45) is 0 Å². The van der Waals surface area contributed by atoms with E-state index in [1.165, 1.54) is 0 Å². The molecule has 0 saturated carbocycles. The Hall–Kier alpha value is -2.62. The van der Waals surface area contributed by atoms with Crippen LogP contribution in [0.15, 0.2) is 60.7 Å². The van der Waals surface area contributed by atoms with Gasteiger partial charge in [-0.3, -0.25) is 4.79 Å². The van der Waals surface area contributed by atoms with Crippen LogP contribution in [0, 0.1) is 0 Å². The summed E-state index contributed by atoms with van der Waals surface area (Å²) < 4.78 is 4.90. The lowest BCUT2D eigenvalue weighted by Gasteiger charge is -2.05. The Morgan fingerprint density at radius 2 is 1.39 bits per heavy atom. The van der Waals surface area contributed by atoms with Gasteiger partial charge in [-0.15, -0.1) is 0 Å². The molecule has 2 rings (SSSR count). The lowest BCUT2D eigenvalue weighted by atomic mass is 10.3. The fourth-order valence-corrected chi connectivity index (χ4v) is 1.35. The van der Waals surface area contributed by atoms with E-state index >= 15 is 0 Å². The average molecular weight is 241 g/mol. The van der Waals surface area contributed by atoms with E-state index in [1.807, 2.05) is 6.07 Å². The molecule has 2 aromatic rings. The van der Waals surface area contributed by atoms with E-state index in [4.69, 9.17) is 4.74 Å². The zero-order valence-electron chi connectivity index (χ0n) is 9.50. The van der Waals surface area contributed by atoms with Gasteiger partial charge in [0.25, 0.3) is 0 Å². The Morgan fingerprint density at radius 1 is 0.833 bits per heavy atom. The Labute approximate surface area is 104 Å². The maximum Gasteiger partial charge on any atom is 0.402 e. The van der Waals surface area contributed by atoms with Gasteiger partial charge in [0.15, 0.2) is 0 Å². The number of benzene rings is 2. The van der Waals surface area contributed by atoms with Gasteiger partial charge in [-0.05, 0) is 24.3 Å². The van der Waals surface area contributed by atoms with E-state index in [0.29, 0.717) is 11.4 Å². The lowest BCUT2D eigenvalue weighted by Crippen LogP contribution is -2.27. The molecule has 90 valence electrons. The summed E-state index contributed by atoms with van der Waals surface area (Å²) in [4.78, 5) is 23.0. The summed E-state index contributed by atoms with van der Waals surface area (Å²) in [5, 5.41) is 2.45. The molecule has 0 aliphatic heterocycles. The number of hydrogen-bond donors (Lipinski definition) is 1. The van der Waals surface area contributed by atoms with Gasteiger partial charge in [-0.2, -0.15) is 0 Å². The number of amides is 1. The van der Waals surface area contributed by atoms with Gasteiger partial charge in [-0.25, -0.2) is 4.79 Å². The maximum absolute atomic E-state index is 11.5. The highest BCUT2D eigenvalue weighted by Crippen LogP contribution is 2.09. The third kappa shape index (κ3) is 3.18. The van der Waals surface area contributed by atoms with Crippen molar-refractivity contribution in [3.63, 3.8) is 0 Å². The van der Waals surface area contributed by atoms with Gasteiger partial charge in [0.1, 0.15) is 5.75 Å². The minimum atomic E-state index is -0.940. The fourth-order valence-electron chi connectivity index (χ4n) is 1.35. The first-order valence-electron chi connectivity index (χ1n) is 5.39. The molecule has 0 radical (unpaired) electrons. The Balaban J connectivity index is 1.96. The van der Waals surface area contributed by atoms with E-state index in [2.05, 4.69) is 5.32 Å². The highest BCUT2D eigenvalue weighted by molar-refractivity contribution is 6.37. The first-order chi connectivity index (χ1) is 8.75. The zero-order valence-corrected chi connectivity index (χ0v) is 9.50. The molecule has 0 saturated heterocycles. The number of para-hydroxylation sites is 2. The van der Waals surface area contributed by atoms with Gasteiger partial charge in [-0.1, -0.05) is 36.4 Å². The number of hydrogen-bond acceptors (Lipinski definition) is 3. The van der Waals surface area contributed by atoms with Crippen molar-refractivity contribution >= 4 is 17.6 Å². The molecule has 0 unspecified atom stereocenters. The summed E-state index contributed by atoms with van der Waals surface area (Å²) in [5.74, 6) is -1.40. The van der Waals surface area contributed by atoms with Crippen LogP contribution in [-0.4, -0.2) is 11.9 Å². The molecule has 0 atom stereocenters. The van der Waals surface area contributed by atoms with Gasteiger partial charge in [0, 0.05) is 5.69 Å². The van der Waals surface area contributed by atoms with Crippen LogP contribution in [0.5, 0.6) is 5.75 Å². The largest absolute Gasteiger partial charge is 0.419 e. The topological polar surface area (TPSA) is 55.4 Å². The SMILES string of the molecule is O=C(Nc1ccccc1)C(=O)Oc1ccccc1. The summed E-state index contributed by atoms with van der Waals surface area (Å²) >= 11 is 0. The smallest absolute Gasteiger partial charge is 0.402 e. The van der Waals surface area contributed by atoms with Crippen LogP contribution in [0.2, 0.25) is 0 Å². The summed E-state index contributed by atoms with van der Waals surface area (Å²) in [6.07, 6.45) is 0. The molecule has 0 fully saturated rings. The van der Waals surface area contributed by atoms with Crippen molar-refractivity contribution in [2.75, 3.05) is 5.32 Å². The lowest BCUT2D eigenvalue weighted by molar-refractivity contribution is -0.145. The number of rotatable bonds is 2. The van der Waals surface area contributed by atoms with Crippen molar-refractivity contribution < 1.29 is 14.3 Å². The third-order valence-corrected chi connectivity index (χ3v) is 2.17. The second-order valence-electron chi connectivity index (χ2n) is 3.52. The van der Waals surface area contributed by atoms with Crippen LogP contribution in [-0.2, 0) is 9.59 Å². The Bertz CT molecular complexity index is 486. The first-order valence-corrected chi connectivity index (χ1v) is 5.39. The van der Waals surface area contributed by atoms with Crippen molar-refractivity contribution in [1.29, 1.82) is 0 Å². The van der Waals surface area contributed by atoms with Crippen molar-refractivity contribution in [2.45, 2.75) is 0 Å². The van der Waals surface area contributed by atoms with Crippen molar-refractivity contribution in [3.8, 4) is 5.75 Å². The Kier molecular flexibility index (Phi) is 3.71. The molecule has 4 nitrogen and oxygen atoms in total. The van der Waals surface area contributed by atoms with E-state index in [-0.39, 0.29) is 0 Å². The van der Waals surface area contributed by atoms with Crippen molar-refractivity contribution in [3.05, 3.63) is 60.7 Å². The molecule has 2 aromatic carbocycles. The molecule has 18 heavy (non-hydrogen) atoms.